The molecule has 1 aliphatic heterocycles. The van der Waals surface area contributed by atoms with E-state index in [0.29, 0.717) is 5.56 Å². The van der Waals surface area contributed by atoms with Gasteiger partial charge >= 0.3 is 5.97 Å². The molecule has 0 bridgehead atoms. The summed E-state index contributed by atoms with van der Waals surface area (Å²) in [7, 11) is 0. The van der Waals surface area contributed by atoms with Crippen LogP contribution in [0.4, 0.5) is 10.5 Å². The first-order chi connectivity index (χ1) is 8.50. The van der Waals surface area contributed by atoms with Crippen molar-refractivity contribution < 1.29 is 19.5 Å². The van der Waals surface area contributed by atoms with Crippen LogP contribution in [0.3, 0.4) is 0 Å². The number of carboxylic acid groups (broad SMARTS) is 1. The molecular formula is C11H10N2O4S. The first kappa shape index (κ1) is 12.4. The Morgan fingerprint density at radius 3 is 2.72 bits per heavy atom. The lowest BCUT2D eigenvalue weighted by Gasteiger charge is -2.15. The SMILES string of the molecule is Nc1cccc(CN2C(=O)CSC2=O)c1C(=O)O. The quantitative estimate of drug-likeness (QED) is 0.796. The summed E-state index contributed by atoms with van der Waals surface area (Å²) in [5, 5.41) is 8.72. The number of imide groups is 1. The van der Waals surface area contributed by atoms with Crippen LogP contribution < -0.4 is 5.73 Å². The lowest BCUT2D eigenvalue weighted by molar-refractivity contribution is -0.125. The average Bonchev–Trinajstić information content (AvgIpc) is 2.60. The van der Waals surface area contributed by atoms with E-state index < -0.39 is 5.97 Å². The number of anilines is 1. The van der Waals surface area contributed by atoms with E-state index in [0.717, 1.165) is 16.7 Å². The van der Waals surface area contributed by atoms with Gasteiger partial charge < -0.3 is 10.8 Å². The first-order valence-electron chi connectivity index (χ1n) is 5.08. The van der Waals surface area contributed by atoms with Crippen molar-refractivity contribution in [1.29, 1.82) is 0 Å². The molecule has 1 aliphatic rings. The molecule has 2 rings (SSSR count). The summed E-state index contributed by atoms with van der Waals surface area (Å²) in [5.74, 6) is -1.39. The number of carboxylic acids is 1. The van der Waals surface area contributed by atoms with Gasteiger partial charge in [-0.3, -0.25) is 14.5 Å². The van der Waals surface area contributed by atoms with Crippen molar-refractivity contribution in [3.8, 4) is 0 Å². The Balaban J connectivity index is 2.35. The number of benzene rings is 1. The van der Waals surface area contributed by atoms with Gasteiger partial charge in [-0.1, -0.05) is 23.9 Å². The van der Waals surface area contributed by atoms with Gasteiger partial charge in [0.2, 0.25) is 5.91 Å². The Morgan fingerprint density at radius 1 is 1.44 bits per heavy atom. The van der Waals surface area contributed by atoms with Crippen LogP contribution in [-0.2, 0) is 11.3 Å². The number of amides is 2. The largest absolute Gasteiger partial charge is 0.478 e. The normalized spacial score (nSPS) is 15.2. The molecule has 18 heavy (non-hydrogen) atoms. The highest BCUT2D eigenvalue weighted by atomic mass is 32.2. The van der Waals surface area contributed by atoms with Gasteiger partial charge in [0.25, 0.3) is 5.24 Å². The molecule has 0 saturated carbocycles. The maximum Gasteiger partial charge on any atom is 0.338 e. The molecule has 1 aromatic rings. The van der Waals surface area contributed by atoms with E-state index in [2.05, 4.69) is 0 Å². The summed E-state index contributed by atoms with van der Waals surface area (Å²) in [5.41, 5.74) is 6.00. The molecule has 6 nitrogen and oxygen atoms in total. The van der Waals surface area contributed by atoms with Crippen molar-refractivity contribution in [3.05, 3.63) is 29.3 Å². The predicted molar refractivity (Wildman–Crippen MR) is 66.2 cm³/mol. The first-order valence-corrected chi connectivity index (χ1v) is 6.07. The molecule has 94 valence electrons. The Labute approximate surface area is 107 Å². The van der Waals surface area contributed by atoms with Gasteiger partial charge in [0, 0.05) is 5.69 Å². The molecule has 1 heterocycles. The van der Waals surface area contributed by atoms with Gasteiger partial charge in [0.15, 0.2) is 0 Å². The Bertz CT molecular complexity index is 528. The fourth-order valence-electron chi connectivity index (χ4n) is 1.72. The van der Waals surface area contributed by atoms with Crippen LogP contribution in [-0.4, -0.2) is 32.9 Å². The number of nitrogens with zero attached hydrogens (tertiary/aromatic N) is 1. The van der Waals surface area contributed by atoms with Crippen molar-refractivity contribution in [3.63, 3.8) is 0 Å². The van der Waals surface area contributed by atoms with Crippen molar-refractivity contribution in [2.45, 2.75) is 6.54 Å². The third-order valence-electron chi connectivity index (χ3n) is 2.57. The summed E-state index contributed by atoms with van der Waals surface area (Å²) in [4.78, 5) is 35.0. The second-order valence-electron chi connectivity index (χ2n) is 3.72. The lowest BCUT2D eigenvalue weighted by atomic mass is 10.1. The standard InChI is InChI=1S/C11H10N2O4S/c12-7-3-1-2-6(9(7)10(15)16)4-13-8(14)5-18-11(13)17/h1-3H,4-5,12H2,(H,15,16). The van der Waals surface area contributed by atoms with Gasteiger partial charge in [0.1, 0.15) is 0 Å². The van der Waals surface area contributed by atoms with Crippen molar-refractivity contribution in [1.82, 2.24) is 4.90 Å². The molecule has 1 saturated heterocycles. The van der Waals surface area contributed by atoms with E-state index in [-0.39, 0.29) is 34.7 Å². The summed E-state index contributed by atoms with van der Waals surface area (Å²) in [6, 6.07) is 4.61. The predicted octanol–water partition coefficient (Wildman–Crippen LogP) is 1.16. The number of rotatable bonds is 3. The van der Waals surface area contributed by atoms with Gasteiger partial charge in [-0.15, -0.1) is 0 Å². The Morgan fingerprint density at radius 2 is 2.17 bits per heavy atom. The van der Waals surface area contributed by atoms with Crippen LogP contribution in [0.2, 0.25) is 0 Å². The average molecular weight is 266 g/mol. The molecule has 3 N–H and O–H groups in total. The molecule has 0 aliphatic carbocycles. The number of nitrogens with two attached hydrogens (primary N) is 1. The number of carbonyl (C=O) groups excluding carboxylic acids is 2. The lowest BCUT2D eigenvalue weighted by Crippen LogP contribution is -2.29. The maximum atomic E-state index is 11.5. The van der Waals surface area contributed by atoms with E-state index in [1.54, 1.807) is 12.1 Å². The minimum absolute atomic E-state index is 0.0582. The minimum atomic E-state index is -1.17. The summed E-state index contributed by atoms with van der Waals surface area (Å²) < 4.78 is 0. The summed E-state index contributed by atoms with van der Waals surface area (Å²) in [6.07, 6.45) is 0. The molecule has 0 atom stereocenters. The molecule has 0 spiro atoms. The molecule has 1 fully saturated rings. The zero-order valence-corrected chi connectivity index (χ0v) is 10.1. The van der Waals surface area contributed by atoms with Crippen molar-refractivity contribution in [2.24, 2.45) is 0 Å². The molecule has 0 radical (unpaired) electrons. The highest BCUT2D eigenvalue weighted by Crippen LogP contribution is 2.24. The Hall–Kier alpha value is -2.02. The molecule has 7 heteroatoms. The fraction of sp³-hybridized carbons (Fsp3) is 0.182. The molecular weight excluding hydrogens is 256 g/mol. The zero-order chi connectivity index (χ0) is 13.3. The van der Waals surface area contributed by atoms with Crippen molar-refractivity contribution >= 4 is 34.6 Å². The van der Waals surface area contributed by atoms with Gasteiger partial charge in [-0.25, -0.2) is 4.79 Å². The molecule has 2 amide bonds. The fourth-order valence-corrected chi connectivity index (χ4v) is 2.44. The zero-order valence-electron chi connectivity index (χ0n) is 9.25. The van der Waals surface area contributed by atoms with Crippen LogP contribution in [0, 0.1) is 0 Å². The highest BCUT2D eigenvalue weighted by Gasteiger charge is 2.31. The molecule has 1 aromatic carbocycles. The van der Waals surface area contributed by atoms with E-state index in [1.165, 1.54) is 6.07 Å². The summed E-state index contributed by atoms with van der Waals surface area (Å²) >= 11 is 0.910. The van der Waals surface area contributed by atoms with Gasteiger partial charge in [0.05, 0.1) is 17.9 Å². The van der Waals surface area contributed by atoms with E-state index in [1.807, 2.05) is 0 Å². The summed E-state index contributed by atoms with van der Waals surface area (Å²) in [6.45, 7) is -0.0582. The van der Waals surface area contributed by atoms with E-state index in [9.17, 15) is 14.4 Å². The number of carbonyl (C=O) groups is 3. The monoisotopic (exact) mass is 266 g/mol. The molecule has 0 aromatic heterocycles. The van der Waals surface area contributed by atoms with E-state index >= 15 is 0 Å². The number of hydrogen-bond donors (Lipinski definition) is 2. The number of thioether (sulfide) groups is 1. The van der Waals surface area contributed by atoms with Crippen LogP contribution in [0.1, 0.15) is 15.9 Å². The van der Waals surface area contributed by atoms with Crippen LogP contribution in [0.15, 0.2) is 18.2 Å². The van der Waals surface area contributed by atoms with E-state index in [4.69, 9.17) is 10.8 Å². The number of aromatic carboxylic acids is 1. The molecule has 0 unspecified atom stereocenters. The maximum absolute atomic E-state index is 11.5. The Kier molecular flexibility index (Phi) is 3.24. The third-order valence-corrected chi connectivity index (χ3v) is 3.42. The minimum Gasteiger partial charge on any atom is -0.478 e. The van der Waals surface area contributed by atoms with Gasteiger partial charge in [-0.05, 0) is 11.6 Å². The van der Waals surface area contributed by atoms with Crippen LogP contribution >= 0.6 is 11.8 Å². The second kappa shape index (κ2) is 4.69. The second-order valence-corrected chi connectivity index (χ2v) is 4.65. The number of nitrogen functional groups attached to an aromatic ring is 1. The smallest absolute Gasteiger partial charge is 0.338 e. The third kappa shape index (κ3) is 2.17. The number of hydrogen-bond acceptors (Lipinski definition) is 5. The topological polar surface area (TPSA) is 101 Å². The highest BCUT2D eigenvalue weighted by molar-refractivity contribution is 8.14. The van der Waals surface area contributed by atoms with Crippen molar-refractivity contribution in [2.75, 3.05) is 11.5 Å². The van der Waals surface area contributed by atoms with Crippen LogP contribution in [0.25, 0.3) is 0 Å². The van der Waals surface area contributed by atoms with Gasteiger partial charge in [-0.2, -0.15) is 0 Å². The van der Waals surface area contributed by atoms with Crippen LogP contribution in [0.5, 0.6) is 0 Å².